The number of hydrogen-bond donors (Lipinski definition) is 1. The smallest absolute Gasteiger partial charge is 0.287 e. The van der Waals surface area contributed by atoms with E-state index < -0.39 is 15.1 Å². The van der Waals surface area contributed by atoms with E-state index in [9.17, 15) is 13.2 Å². The van der Waals surface area contributed by atoms with Crippen molar-refractivity contribution < 1.29 is 17.6 Å². The molecule has 0 bridgehead atoms. The van der Waals surface area contributed by atoms with E-state index in [0.717, 1.165) is 47.2 Å². The van der Waals surface area contributed by atoms with Crippen molar-refractivity contribution in [2.45, 2.75) is 49.8 Å². The topological polar surface area (TPSA) is 89.3 Å². The van der Waals surface area contributed by atoms with Crippen LogP contribution in [-0.2, 0) is 9.84 Å². The van der Waals surface area contributed by atoms with Gasteiger partial charge < -0.3 is 9.73 Å². The van der Waals surface area contributed by atoms with Gasteiger partial charge >= 0.3 is 0 Å². The summed E-state index contributed by atoms with van der Waals surface area (Å²) < 4.78 is 30.0. The van der Waals surface area contributed by atoms with Crippen LogP contribution in [0.2, 0.25) is 5.02 Å². The first-order valence-electron chi connectivity index (χ1n) is 9.86. The molecule has 9 heteroatoms. The molecule has 1 saturated carbocycles. The molecule has 6 nitrogen and oxygen atoms in total. The Morgan fingerprint density at radius 1 is 1.23 bits per heavy atom. The maximum Gasteiger partial charge on any atom is 0.287 e. The highest BCUT2D eigenvalue weighted by Crippen LogP contribution is 2.37. The number of hydrogen-bond acceptors (Lipinski definition) is 6. The summed E-state index contributed by atoms with van der Waals surface area (Å²) >= 11 is 7.77. The van der Waals surface area contributed by atoms with E-state index in [1.807, 2.05) is 18.2 Å². The molecular weight excluding hydrogens is 444 g/mol. The zero-order chi connectivity index (χ0) is 21.5. The Balaban J connectivity index is 1.35. The van der Waals surface area contributed by atoms with E-state index in [1.54, 1.807) is 24.3 Å². The number of nitrogens with zero attached hydrogens (tertiary/aromatic N) is 1. The third-order valence-electron chi connectivity index (χ3n) is 5.67. The van der Waals surface area contributed by atoms with Gasteiger partial charge in [-0.3, -0.25) is 4.79 Å². The fourth-order valence-corrected chi connectivity index (χ4v) is 5.57. The highest BCUT2D eigenvalue weighted by molar-refractivity contribution is 7.90. The molecule has 160 valence electrons. The minimum Gasteiger partial charge on any atom is -0.455 e. The predicted molar refractivity (Wildman–Crippen MR) is 119 cm³/mol. The van der Waals surface area contributed by atoms with Crippen LogP contribution in [0.25, 0.3) is 10.2 Å². The molecule has 1 fully saturated rings. The molecule has 1 aliphatic rings. The molecule has 1 aromatic carbocycles. The molecule has 1 N–H and O–H groups in total. The average molecular weight is 467 g/mol. The van der Waals surface area contributed by atoms with Crippen molar-refractivity contribution in [3.63, 3.8) is 0 Å². The summed E-state index contributed by atoms with van der Waals surface area (Å²) in [6.07, 6.45) is 4.78. The van der Waals surface area contributed by atoms with Gasteiger partial charge in [-0.2, -0.15) is 0 Å². The lowest BCUT2D eigenvalue weighted by atomic mass is 9.86. The molecule has 0 radical (unpaired) electrons. The van der Waals surface area contributed by atoms with Crippen LogP contribution in [0.4, 0.5) is 0 Å². The first-order chi connectivity index (χ1) is 14.2. The molecule has 1 atom stereocenters. The molecule has 1 aliphatic carbocycles. The Labute approximate surface area is 184 Å². The SMILES string of the molecule is CC(c1ccc(C(=O)NC2CCC(c3nc4cc(Cl)ccc4s3)CC2)o1)S(C)(=O)=O. The van der Waals surface area contributed by atoms with Crippen molar-refractivity contribution >= 4 is 48.9 Å². The summed E-state index contributed by atoms with van der Waals surface area (Å²) in [5.74, 6) is 0.508. The monoisotopic (exact) mass is 466 g/mol. The van der Waals surface area contributed by atoms with Gasteiger partial charge in [-0.1, -0.05) is 11.6 Å². The van der Waals surface area contributed by atoms with Gasteiger partial charge in [-0.15, -0.1) is 11.3 Å². The second-order valence-corrected chi connectivity index (χ2v) is 11.7. The second-order valence-electron chi connectivity index (χ2n) is 7.86. The Hall–Kier alpha value is -1.90. The lowest BCUT2D eigenvalue weighted by Crippen LogP contribution is -2.37. The molecule has 0 saturated heterocycles. The molecule has 2 aromatic heterocycles. The number of amides is 1. The maximum absolute atomic E-state index is 12.5. The van der Waals surface area contributed by atoms with Crippen LogP contribution in [0.15, 0.2) is 34.7 Å². The van der Waals surface area contributed by atoms with Gasteiger partial charge in [0.05, 0.1) is 15.2 Å². The highest BCUT2D eigenvalue weighted by Gasteiger charge is 2.27. The van der Waals surface area contributed by atoms with Crippen molar-refractivity contribution in [1.82, 2.24) is 10.3 Å². The number of benzene rings is 1. The fraction of sp³-hybridized carbons (Fsp3) is 0.429. The van der Waals surface area contributed by atoms with Gasteiger partial charge in [0.2, 0.25) is 0 Å². The van der Waals surface area contributed by atoms with Crippen LogP contribution < -0.4 is 5.32 Å². The third kappa shape index (κ3) is 4.55. The highest BCUT2D eigenvalue weighted by atomic mass is 35.5. The summed E-state index contributed by atoms with van der Waals surface area (Å²) in [5, 5.41) is 4.06. The first-order valence-corrected chi connectivity index (χ1v) is 13.0. The standard InChI is InChI=1S/C21H23ClN2O4S2/c1-12(30(2,26)27)17-8-9-18(28-17)20(25)23-15-6-3-13(4-7-15)21-24-16-11-14(22)5-10-19(16)29-21/h5,8-13,15H,3-4,6-7H2,1-2H3,(H,23,25). The third-order valence-corrected chi connectivity index (χ3v) is 8.62. The van der Waals surface area contributed by atoms with E-state index in [2.05, 4.69) is 5.32 Å². The zero-order valence-electron chi connectivity index (χ0n) is 16.7. The van der Waals surface area contributed by atoms with E-state index >= 15 is 0 Å². The summed E-state index contributed by atoms with van der Waals surface area (Å²) in [4.78, 5) is 17.3. The van der Waals surface area contributed by atoms with Gasteiger partial charge in [-0.05, 0) is 62.9 Å². The number of carbonyl (C=O) groups is 1. The van der Waals surface area contributed by atoms with Gasteiger partial charge in [0.25, 0.3) is 5.91 Å². The largest absolute Gasteiger partial charge is 0.455 e. The van der Waals surface area contributed by atoms with E-state index in [-0.39, 0.29) is 23.5 Å². The van der Waals surface area contributed by atoms with Crippen LogP contribution in [0.3, 0.4) is 0 Å². The minimum absolute atomic E-state index is 0.0680. The molecule has 1 unspecified atom stereocenters. The summed E-state index contributed by atoms with van der Waals surface area (Å²) in [7, 11) is -3.28. The number of fused-ring (bicyclic) bond motifs is 1. The van der Waals surface area contributed by atoms with Crippen molar-refractivity contribution in [3.8, 4) is 0 Å². The summed E-state index contributed by atoms with van der Waals surface area (Å²) in [5.41, 5.74) is 0.940. The quantitative estimate of drug-likeness (QED) is 0.564. The lowest BCUT2D eigenvalue weighted by molar-refractivity contribution is 0.0895. The molecule has 4 rings (SSSR count). The number of aromatic nitrogens is 1. The number of thiazole rings is 1. The Morgan fingerprint density at radius 2 is 1.97 bits per heavy atom. The second kappa shape index (κ2) is 8.32. The van der Waals surface area contributed by atoms with E-state index in [4.69, 9.17) is 21.0 Å². The van der Waals surface area contributed by atoms with Crippen LogP contribution in [-0.4, -0.2) is 31.6 Å². The van der Waals surface area contributed by atoms with Gasteiger partial charge in [-0.25, -0.2) is 13.4 Å². The number of carbonyl (C=O) groups excluding carboxylic acids is 1. The Morgan fingerprint density at radius 3 is 2.67 bits per heavy atom. The summed E-state index contributed by atoms with van der Waals surface area (Å²) in [6, 6.07) is 8.94. The van der Waals surface area contributed by atoms with E-state index in [0.29, 0.717) is 10.9 Å². The molecule has 3 aromatic rings. The van der Waals surface area contributed by atoms with Crippen LogP contribution in [0.5, 0.6) is 0 Å². The average Bonchev–Trinajstić information content (AvgIpc) is 3.34. The van der Waals surface area contributed by atoms with Crippen molar-refractivity contribution in [2.75, 3.05) is 6.26 Å². The van der Waals surface area contributed by atoms with Gasteiger partial charge in [0.15, 0.2) is 15.6 Å². The number of rotatable bonds is 5. The van der Waals surface area contributed by atoms with Crippen LogP contribution in [0, 0.1) is 0 Å². The lowest BCUT2D eigenvalue weighted by Gasteiger charge is -2.27. The molecule has 2 heterocycles. The van der Waals surface area contributed by atoms with Gasteiger partial charge in [0, 0.05) is 23.2 Å². The van der Waals surface area contributed by atoms with Crippen molar-refractivity contribution in [3.05, 3.63) is 51.9 Å². The Bertz CT molecular complexity index is 1180. The number of halogens is 1. The fourth-order valence-electron chi connectivity index (χ4n) is 3.74. The summed E-state index contributed by atoms with van der Waals surface area (Å²) in [6.45, 7) is 1.55. The number of furan rings is 1. The number of nitrogens with one attached hydrogen (secondary N) is 1. The van der Waals surface area contributed by atoms with Crippen LogP contribution in [0.1, 0.15) is 65.1 Å². The number of sulfone groups is 1. The molecule has 0 aliphatic heterocycles. The normalized spacial score (nSPS) is 20.9. The van der Waals surface area contributed by atoms with Crippen LogP contribution >= 0.6 is 22.9 Å². The molecule has 1 amide bonds. The van der Waals surface area contributed by atoms with Crippen molar-refractivity contribution in [1.29, 1.82) is 0 Å². The van der Waals surface area contributed by atoms with Gasteiger partial charge in [0.1, 0.15) is 11.0 Å². The molecule has 0 spiro atoms. The molecular formula is C21H23ClN2O4S2. The minimum atomic E-state index is -3.28. The predicted octanol–water partition coefficient (Wildman–Crippen LogP) is 5.10. The zero-order valence-corrected chi connectivity index (χ0v) is 19.1. The maximum atomic E-state index is 12.5. The van der Waals surface area contributed by atoms with Crippen molar-refractivity contribution in [2.24, 2.45) is 0 Å². The first kappa shape index (κ1) is 21.3. The van der Waals surface area contributed by atoms with E-state index in [1.165, 1.54) is 6.07 Å². The Kier molecular flexibility index (Phi) is 5.92. The molecule has 30 heavy (non-hydrogen) atoms.